The van der Waals surface area contributed by atoms with Gasteiger partial charge in [0.2, 0.25) is 0 Å². The molecular weight excluding hydrogens is 230 g/mol. The summed E-state index contributed by atoms with van der Waals surface area (Å²) in [5.41, 5.74) is 0.875. The van der Waals surface area contributed by atoms with Crippen LogP contribution in [0.3, 0.4) is 0 Å². The number of fused-ring (bicyclic) bond motifs is 1. The fraction of sp³-hybridized carbons (Fsp3) is 0.0909. The summed E-state index contributed by atoms with van der Waals surface area (Å²) in [4.78, 5) is 21.9. The number of carboxylic acids is 1. The maximum Gasteiger partial charge on any atom is 0.377 e. The van der Waals surface area contributed by atoms with Gasteiger partial charge in [0, 0.05) is 29.7 Å². The second kappa shape index (κ2) is 3.64. The number of Topliss-reactive ketones (excluding diaryl/α,β-unsaturated/α-hetero) is 1. The first-order chi connectivity index (χ1) is 7.52. The Bertz CT molecular complexity index is 601. The number of benzene rings is 1. The number of aliphatic carboxylic acids is 1. The Morgan fingerprint density at radius 3 is 2.62 bits per heavy atom. The predicted octanol–water partition coefficient (Wildman–Crippen LogP) is 2.10. The molecule has 1 N–H and O–H groups in total. The van der Waals surface area contributed by atoms with Crippen LogP contribution in [0, 0.1) is 0 Å². The molecule has 16 heavy (non-hydrogen) atoms. The van der Waals surface area contributed by atoms with Gasteiger partial charge in [0.15, 0.2) is 0 Å². The van der Waals surface area contributed by atoms with Crippen molar-refractivity contribution in [2.45, 2.75) is 0 Å². The molecule has 4 nitrogen and oxygen atoms in total. The van der Waals surface area contributed by atoms with Crippen LogP contribution in [-0.4, -0.2) is 21.4 Å². The molecule has 0 atom stereocenters. The van der Waals surface area contributed by atoms with Crippen molar-refractivity contribution in [1.82, 2.24) is 4.57 Å². The van der Waals surface area contributed by atoms with E-state index in [-0.39, 0.29) is 10.6 Å². The number of carbonyl (C=O) groups is 2. The van der Waals surface area contributed by atoms with Crippen molar-refractivity contribution < 1.29 is 14.7 Å². The Labute approximate surface area is 96.0 Å². The van der Waals surface area contributed by atoms with Crippen molar-refractivity contribution in [1.29, 1.82) is 0 Å². The minimum atomic E-state index is -1.50. The molecule has 0 unspecified atom stereocenters. The molecule has 82 valence electrons. The zero-order valence-corrected chi connectivity index (χ0v) is 9.15. The van der Waals surface area contributed by atoms with E-state index in [4.69, 9.17) is 16.7 Å². The van der Waals surface area contributed by atoms with E-state index in [2.05, 4.69) is 0 Å². The number of rotatable bonds is 2. The number of carboxylic acid groups (broad SMARTS) is 1. The van der Waals surface area contributed by atoms with Crippen LogP contribution in [0.25, 0.3) is 10.9 Å². The Morgan fingerprint density at radius 1 is 1.31 bits per heavy atom. The normalized spacial score (nSPS) is 10.6. The summed E-state index contributed by atoms with van der Waals surface area (Å²) < 4.78 is 1.84. The van der Waals surface area contributed by atoms with Crippen LogP contribution in [0.2, 0.25) is 5.02 Å². The summed E-state index contributed by atoms with van der Waals surface area (Å²) in [7, 11) is 1.84. The van der Waals surface area contributed by atoms with Crippen molar-refractivity contribution in [2.75, 3.05) is 0 Å². The van der Waals surface area contributed by atoms with Gasteiger partial charge in [-0.2, -0.15) is 0 Å². The average molecular weight is 238 g/mol. The average Bonchev–Trinajstić information content (AvgIpc) is 2.61. The molecule has 1 aromatic carbocycles. The molecular formula is C11H8ClNO3. The zero-order valence-electron chi connectivity index (χ0n) is 8.40. The number of hydrogen-bond acceptors (Lipinski definition) is 2. The molecule has 0 aliphatic rings. The van der Waals surface area contributed by atoms with Crippen molar-refractivity contribution in [3.8, 4) is 0 Å². The van der Waals surface area contributed by atoms with E-state index in [1.54, 1.807) is 18.3 Å². The molecule has 0 fully saturated rings. The molecule has 0 aliphatic heterocycles. The van der Waals surface area contributed by atoms with Crippen molar-refractivity contribution in [2.24, 2.45) is 7.05 Å². The van der Waals surface area contributed by atoms with Crippen LogP contribution in [0.4, 0.5) is 0 Å². The maximum atomic E-state index is 11.3. The molecule has 1 aromatic heterocycles. The van der Waals surface area contributed by atoms with Crippen LogP contribution >= 0.6 is 11.6 Å². The van der Waals surface area contributed by atoms with E-state index in [1.165, 1.54) is 6.07 Å². The molecule has 0 spiro atoms. The van der Waals surface area contributed by atoms with Crippen LogP contribution in [0.15, 0.2) is 24.4 Å². The van der Waals surface area contributed by atoms with Crippen LogP contribution in [0.5, 0.6) is 0 Å². The molecule has 0 saturated heterocycles. The van der Waals surface area contributed by atoms with Gasteiger partial charge in [-0.15, -0.1) is 0 Å². The minimum absolute atomic E-state index is 0.0212. The third kappa shape index (κ3) is 1.47. The summed E-state index contributed by atoms with van der Waals surface area (Å²) in [6, 6.07) is 4.86. The summed E-state index contributed by atoms with van der Waals surface area (Å²) in [6.07, 6.45) is 1.80. The first kappa shape index (κ1) is 10.7. The lowest BCUT2D eigenvalue weighted by atomic mass is 10.1. The largest absolute Gasteiger partial charge is 0.475 e. The lowest BCUT2D eigenvalue weighted by molar-refractivity contribution is -0.131. The molecule has 2 rings (SSSR count). The molecule has 0 radical (unpaired) electrons. The number of ketones is 1. The molecule has 0 amide bonds. The second-order valence-corrected chi connectivity index (χ2v) is 3.80. The van der Waals surface area contributed by atoms with Gasteiger partial charge in [-0.1, -0.05) is 11.6 Å². The van der Waals surface area contributed by atoms with Crippen LogP contribution < -0.4 is 0 Å². The van der Waals surface area contributed by atoms with Gasteiger partial charge in [-0.3, -0.25) is 4.79 Å². The molecule has 1 heterocycles. The Morgan fingerprint density at radius 2 is 2.00 bits per heavy atom. The first-order valence-corrected chi connectivity index (χ1v) is 4.91. The highest BCUT2D eigenvalue weighted by Gasteiger charge is 2.19. The minimum Gasteiger partial charge on any atom is -0.475 e. The molecule has 0 saturated carbocycles. The van der Waals surface area contributed by atoms with Gasteiger partial charge in [-0.05, 0) is 18.2 Å². The van der Waals surface area contributed by atoms with Gasteiger partial charge in [0.05, 0.1) is 5.02 Å². The predicted molar refractivity (Wildman–Crippen MR) is 59.9 cm³/mol. The number of carbonyl (C=O) groups excluding carboxylic acids is 1. The van der Waals surface area contributed by atoms with E-state index in [0.29, 0.717) is 5.39 Å². The smallest absolute Gasteiger partial charge is 0.377 e. The number of hydrogen-bond donors (Lipinski definition) is 1. The van der Waals surface area contributed by atoms with Gasteiger partial charge >= 0.3 is 5.97 Å². The fourth-order valence-corrected chi connectivity index (χ4v) is 1.91. The lowest BCUT2D eigenvalue weighted by Crippen LogP contribution is -2.13. The summed E-state index contributed by atoms with van der Waals surface area (Å²) >= 11 is 6.00. The van der Waals surface area contributed by atoms with Gasteiger partial charge in [-0.25, -0.2) is 4.79 Å². The summed E-state index contributed by atoms with van der Waals surface area (Å²) in [5, 5.41) is 9.49. The highest BCUT2D eigenvalue weighted by atomic mass is 35.5. The quantitative estimate of drug-likeness (QED) is 0.643. The lowest BCUT2D eigenvalue weighted by Gasteiger charge is -2.02. The number of halogens is 1. The fourth-order valence-electron chi connectivity index (χ4n) is 1.61. The van der Waals surface area contributed by atoms with E-state index in [9.17, 15) is 9.59 Å². The first-order valence-electron chi connectivity index (χ1n) is 4.53. The van der Waals surface area contributed by atoms with Gasteiger partial charge in [0.1, 0.15) is 0 Å². The van der Waals surface area contributed by atoms with E-state index in [1.807, 2.05) is 11.6 Å². The van der Waals surface area contributed by atoms with Crippen LogP contribution in [-0.2, 0) is 11.8 Å². The highest BCUT2D eigenvalue weighted by molar-refractivity contribution is 6.47. The monoisotopic (exact) mass is 237 g/mol. The molecule has 0 aliphatic carbocycles. The summed E-state index contributed by atoms with van der Waals surface area (Å²) in [6.45, 7) is 0. The zero-order chi connectivity index (χ0) is 11.9. The number of nitrogens with zero attached hydrogens (tertiary/aromatic N) is 1. The van der Waals surface area contributed by atoms with Crippen molar-refractivity contribution in [3.63, 3.8) is 0 Å². The van der Waals surface area contributed by atoms with Gasteiger partial charge in [0.25, 0.3) is 5.78 Å². The van der Waals surface area contributed by atoms with Crippen molar-refractivity contribution in [3.05, 3.63) is 35.0 Å². The Balaban J connectivity index is 2.70. The third-order valence-electron chi connectivity index (χ3n) is 2.44. The van der Waals surface area contributed by atoms with Crippen molar-refractivity contribution >= 4 is 34.3 Å². The third-order valence-corrected chi connectivity index (χ3v) is 2.85. The Kier molecular flexibility index (Phi) is 2.44. The SMILES string of the molecule is Cn1ccc2c(Cl)c(C(=O)C(=O)O)ccc21. The second-order valence-electron chi connectivity index (χ2n) is 3.42. The van der Waals surface area contributed by atoms with E-state index in [0.717, 1.165) is 5.52 Å². The van der Waals surface area contributed by atoms with E-state index >= 15 is 0 Å². The highest BCUT2D eigenvalue weighted by Crippen LogP contribution is 2.28. The Hall–Kier alpha value is -1.81. The molecule has 5 heteroatoms. The molecule has 2 aromatic rings. The molecule has 0 bridgehead atoms. The summed E-state index contributed by atoms with van der Waals surface area (Å²) in [5.74, 6) is -2.49. The standard InChI is InChI=1S/C11H8ClNO3/c1-13-5-4-6-8(13)3-2-7(9(6)12)10(14)11(15)16/h2-5H,1H3,(H,15,16). The number of aryl methyl sites for hydroxylation is 1. The van der Waals surface area contributed by atoms with E-state index < -0.39 is 11.8 Å². The number of aromatic nitrogens is 1. The van der Waals surface area contributed by atoms with Crippen LogP contribution in [0.1, 0.15) is 10.4 Å². The van der Waals surface area contributed by atoms with Gasteiger partial charge < -0.3 is 9.67 Å². The topological polar surface area (TPSA) is 59.3 Å². The maximum absolute atomic E-state index is 11.3.